The van der Waals surface area contributed by atoms with Gasteiger partial charge in [0.25, 0.3) is 0 Å². The SMILES string of the molecule is CCc1nc(Br)cc(Oc2ncn(C)n2)n1. The zero-order valence-electron chi connectivity index (χ0n) is 8.88. The summed E-state index contributed by atoms with van der Waals surface area (Å²) in [6.45, 7) is 1.98. The van der Waals surface area contributed by atoms with Crippen LogP contribution in [0.5, 0.6) is 11.9 Å². The number of hydrogen-bond acceptors (Lipinski definition) is 5. The Morgan fingerprint density at radius 3 is 2.88 bits per heavy atom. The lowest BCUT2D eigenvalue weighted by atomic mass is 10.4. The van der Waals surface area contributed by atoms with Gasteiger partial charge in [0.2, 0.25) is 5.88 Å². The van der Waals surface area contributed by atoms with Crippen molar-refractivity contribution in [1.29, 1.82) is 0 Å². The Hall–Kier alpha value is -1.50. The highest BCUT2D eigenvalue weighted by Gasteiger charge is 2.06. The number of hydrogen-bond donors (Lipinski definition) is 0. The van der Waals surface area contributed by atoms with Gasteiger partial charge in [-0.2, -0.15) is 9.97 Å². The van der Waals surface area contributed by atoms with Crippen molar-refractivity contribution in [3.63, 3.8) is 0 Å². The predicted molar refractivity (Wildman–Crippen MR) is 60.2 cm³/mol. The molecule has 0 radical (unpaired) electrons. The van der Waals surface area contributed by atoms with Crippen molar-refractivity contribution in [1.82, 2.24) is 24.7 Å². The van der Waals surface area contributed by atoms with Crippen LogP contribution in [0.3, 0.4) is 0 Å². The van der Waals surface area contributed by atoms with Crippen LogP contribution < -0.4 is 4.74 Å². The summed E-state index contributed by atoms with van der Waals surface area (Å²) in [5.74, 6) is 1.14. The van der Waals surface area contributed by atoms with Gasteiger partial charge in [-0.25, -0.2) is 4.98 Å². The summed E-state index contributed by atoms with van der Waals surface area (Å²) < 4.78 is 7.65. The van der Waals surface area contributed by atoms with Crippen LogP contribution in [0.25, 0.3) is 0 Å². The highest BCUT2D eigenvalue weighted by Crippen LogP contribution is 2.18. The first-order valence-corrected chi connectivity index (χ1v) is 5.53. The second-order valence-corrected chi connectivity index (χ2v) is 3.91. The van der Waals surface area contributed by atoms with E-state index in [-0.39, 0.29) is 6.01 Å². The molecular formula is C9H10BrN5O. The van der Waals surface area contributed by atoms with Crippen LogP contribution in [0, 0.1) is 0 Å². The van der Waals surface area contributed by atoms with Crippen LogP contribution in [0.15, 0.2) is 17.0 Å². The fourth-order valence-electron chi connectivity index (χ4n) is 1.11. The summed E-state index contributed by atoms with van der Waals surface area (Å²) in [5.41, 5.74) is 0. The van der Waals surface area contributed by atoms with E-state index in [0.29, 0.717) is 16.3 Å². The quantitative estimate of drug-likeness (QED) is 0.803. The van der Waals surface area contributed by atoms with E-state index in [1.54, 1.807) is 24.1 Å². The average molecular weight is 284 g/mol. The van der Waals surface area contributed by atoms with Crippen molar-refractivity contribution in [2.24, 2.45) is 7.05 Å². The van der Waals surface area contributed by atoms with Crippen LogP contribution >= 0.6 is 15.9 Å². The minimum absolute atomic E-state index is 0.273. The Labute approximate surface area is 101 Å². The number of halogens is 1. The zero-order valence-corrected chi connectivity index (χ0v) is 10.5. The van der Waals surface area contributed by atoms with Gasteiger partial charge in [0.05, 0.1) is 0 Å². The second-order valence-electron chi connectivity index (χ2n) is 3.10. The third-order valence-corrected chi connectivity index (χ3v) is 2.21. The molecule has 2 heterocycles. The largest absolute Gasteiger partial charge is 0.404 e. The minimum Gasteiger partial charge on any atom is -0.404 e. The molecule has 2 aromatic rings. The molecule has 0 saturated heterocycles. The van der Waals surface area contributed by atoms with Gasteiger partial charge in [-0.3, -0.25) is 4.68 Å². The molecule has 0 unspecified atom stereocenters. The smallest absolute Gasteiger partial charge is 0.342 e. The summed E-state index contributed by atoms with van der Waals surface area (Å²) in [6, 6.07) is 1.95. The van der Waals surface area contributed by atoms with Crippen molar-refractivity contribution in [3.8, 4) is 11.9 Å². The Morgan fingerprint density at radius 2 is 2.25 bits per heavy atom. The number of aryl methyl sites for hydroxylation is 2. The van der Waals surface area contributed by atoms with E-state index in [1.165, 1.54) is 0 Å². The van der Waals surface area contributed by atoms with Crippen molar-refractivity contribution in [3.05, 3.63) is 22.8 Å². The molecule has 6 nitrogen and oxygen atoms in total. The summed E-state index contributed by atoms with van der Waals surface area (Å²) in [4.78, 5) is 12.3. The first-order valence-electron chi connectivity index (χ1n) is 4.74. The highest BCUT2D eigenvalue weighted by atomic mass is 79.9. The number of rotatable bonds is 3. The molecule has 2 aromatic heterocycles. The van der Waals surface area contributed by atoms with E-state index >= 15 is 0 Å². The van der Waals surface area contributed by atoms with Crippen molar-refractivity contribution >= 4 is 15.9 Å². The molecule has 0 aromatic carbocycles. The van der Waals surface area contributed by atoms with Gasteiger partial charge in [0.1, 0.15) is 16.8 Å². The molecule has 84 valence electrons. The minimum atomic E-state index is 0.273. The Kier molecular flexibility index (Phi) is 3.14. The van der Waals surface area contributed by atoms with Crippen molar-refractivity contribution < 1.29 is 4.74 Å². The maximum atomic E-state index is 5.40. The standard InChI is InChI=1S/C9H10BrN5O/c1-3-7-12-6(10)4-8(13-7)16-9-11-5-15(2)14-9/h4-5H,3H2,1-2H3. The average Bonchev–Trinajstić information content (AvgIpc) is 2.63. The zero-order chi connectivity index (χ0) is 11.5. The monoisotopic (exact) mass is 283 g/mol. The van der Waals surface area contributed by atoms with Gasteiger partial charge >= 0.3 is 6.01 Å². The topological polar surface area (TPSA) is 65.7 Å². The van der Waals surface area contributed by atoms with Crippen molar-refractivity contribution in [2.75, 3.05) is 0 Å². The molecule has 0 atom stereocenters. The Morgan fingerprint density at radius 1 is 1.44 bits per heavy atom. The summed E-state index contributed by atoms with van der Waals surface area (Å²) >= 11 is 3.30. The van der Waals surface area contributed by atoms with Gasteiger partial charge in [-0.15, -0.1) is 5.10 Å². The van der Waals surface area contributed by atoms with Crippen molar-refractivity contribution in [2.45, 2.75) is 13.3 Å². The summed E-state index contributed by atoms with van der Waals surface area (Å²) in [6.07, 6.45) is 2.30. The number of nitrogens with zero attached hydrogens (tertiary/aromatic N) is 5. The molecular weight excluding hydrogens is 274 g/mol. The normalized spacial score (nSPS) is 10.4. The molecule has 7 heteroatoms. The molecule has 0 saturated carbocycles. The highest BCUT2D eigenvalue weighted by molar-refractivity contribution is 9.10. The Balaban J connectivity index is 2.24. The molecule has 0 bridgehead atoms. The van der Waals surface area contributed by atoms with Crippen LogP contribution in [0.2, 0.25) is 0 Å². The number of ether oxygens (including phenoxy) is 1. The van der Waals surface area contributed by atoms with Crippen LogP contribution in [0.4, 0.5) is 0 Å². The number of aromatic nitrogens is 5. The third-order valence-electron chi connectivity index (χ3n) is 1.81. The van der Waals surface area contributed by atoms with Crippen LogP contribution in [-0.2, 0) is 13.5 Å². The van der Waals surface area contributed by atoms with E-state index < -0.39 is 0 Å². The maximum Gasteiger partial charge on any atom is 0.342 e. The lowest BCUT2D eigenvalue weighted by molar-refractivity contribution is 0.419. The van der Waals surface area contributed by atoms with E-state index in [2.05, 4.69) is 36.0 Å². The molecule has 2 rings (SSSR count). The van der Waals surface area contributed by atoms with E-state index in [9.17, 15) is 0 Å². The summed E-state index contributed by atoms with van der Waals surface area (Å²) in [7, 11) is 1.77. The van der Waals surface area contributed by atoms with Gasteiger partial charge in [0, 0.05) is 19.5 Å². The van der Waals surface area contributed by atoms with Gasteiger partial charge < -0.3 is 4.74 Å². The molecule has 0 aliphatic carbocycles. The molecule has 0 spiro atoms. The Bertz CT molecular complexity index is 498. The second kappa shape index (κ2) is 4.56. The lowest BCUT2D eigenvalue weighted by Crippen LogP contribution is -1.97. The van der Waals surface area contributed by atoms with Gasteiger partial charge in [0.15, 0.2) is 0 Å². The predicted octanol–water partition coefficient (Wildman–Crippen LogP) is 1.72. The maximum absolute atomic E-state index is 5.40. The molecule has 16 heavy (non-hydrogen) atoms. The fraction of sp³-hybridized carbons (Fsp3) is 0.333. The first-order chi connectivity index (χ1) is 7.67. The molecule has 0 amide bonds. The van der Waals surface area contributed by atoms with E-state index in [0.717, 1.165) is 6.42 Å². The molecule has 0 fully saturated rings. The van der Waals surface area contributed by atoms with Crippen LogP contribution in [0.1, 0.15) is 12.7 Å². The lowest BCUT2D eigenvalue weighted by Gasteiger charge is -2.02. The van der Waals surface area contributed by atoms with Gasteiger partial charge in [-0.05, 0) is 15.9 Å². The van der Waals surface area contributed by atoms with Crippen LogP contribution in [-0.4, -0.2) is 24.7 Å². The fourth-order valence-corrected chi connectivity index (χ4v) is 1.51. The summed E-state index contributed by atoms with van der Waals surface area (Å²) in [5, 5.41) is 4.00. The molecule has 0 aliphatic heterocycles. The van der Waals surface area contributed by atoms with E-state index in [1.807, 2.05) is 6.92 Å². The molecule has 0 aliphatic rings. The van der Waals surface area contributed by atoms with Gasteiger partial charge in [-0.1, -0.05) is 6.92 Å². The first kappa shape index (κ1) is 11.0. The molecule has 0 N–H and O–H groups in total. The third kappa shape index (κ3) is 2.54. The van der Waals surface area contributed by atoms with E-state index in [4.69, 9.17) is 4.74 Å².